The van der Waals surface area contributed by atoms with E-state index in [1.165, 1.54) is 0 Å². The van der Waals surface area contributed by atoms with Crippen molar-refractivity contribution < 1.29 is 4.79 Å². The first kappa shape index (κ1) is 16.1. The standard InChI is InChI=1S/C15H24N4OS/c1-15(2,3)21-11-14(20)19-9-6-12(7-10-19)17-13-5-4-8-16-18-13/h4-5,8,12H,6-7,9-11H2,1-3H3,(H,17,18). The van der Waals surface area contributed by atoms with Gasteiger partial charge in [0, 0.05) is 30.1 Å². The van der Waals surface area contributed by atoms with Gasteiger partial charge >= 0.3 is 0 Å². The number of rotatable bonds is 4. The van der Waals surface area contributed by atoms with E-state index in [0.717, 1.165) is 31.7 Å². The van der Waals surface area contributed by atoms with Gasteiger partial charge in [0.2, 0.25) is 5.91 Å². The molecule has 0 saturated carbocycles. The lowest BCUT2D eigenvalue weighted by atomic mass is 10.1. The highest BCUT2D eigenvalue weighted by molar-refractivity contribution is 8.01. The zero-order valence-electron chi connectivity index (χ0n) is 13.0. The molecule has 1 aromatic rings. The van der Waals surface area contributed by atoms with E-state index in [2.05, 4.69) is 36.3 Å². The first-order chi connectivity index (χ1) is 9.94. The molecule has 0 atom stereocenters. The highest BCUT2D eigenvalue weighted by Crippen LogP contribution is 2.24. The van der Waals surface area contributed by atoms with Crippen molar-refractivity contribution >= 4 is 23.5 Å². The predicted molar refractivity (Wildman–Crippen MR) is 87.5 cm³/mol. The summed E-state index contributed by atoms with van der Waals surface area (Å²) in [5.41, 5.74) is 0. The second kappa shape index (κ2) is 7.11. The third-order valence-corrected chi connectivity index (χ3v) is 4.66. The number of carbonyl (C=O) groups is 1. The first-order valence-corrected chi connectivity index (χ1v) is 8.38. The monoisotopic (exact) mass is 308 g/mol. The molecule has 2 rings (SSSR count). The number of aromatic nitrogens is 2. The van der Waals surface area contributed by atoms with E-state index in [1.54, 1.807) is 18.0 Å². The number of hydrogen-bond acceptors (Lipinski definition) is 5. The predicted octanol–water partition coefficient (Wildman–Crippen LogP) is 2.41. The van der Waals surface area contributed by atoms with E-state index in [9.17, 15) is 4.79 Å². The molecule has 0 unspecified atom stereocenters. The number of piperidine rings is 1. The number of amides is 1. The normalized spacial score (nSPS) is 16.8. The van der Waals surface area contributed by atoms with Gasteiger partial charge in [-0.15, -0.1) is 16.9 Å². The molecule has 0 radical (unpaired) electrons. The molecular formula is C15H24N4OS. The van der Waals surface area contributed by atoms with E-state index in [-0.39, 0.29) is 10.7 Å². The molecular weight excluding hydrogens is 284 g/mol. The number of carbonyl (C=O) groups excluding carboxylic acids is 1. The van der Waals surface area contributed by atoms with Crippen molar-refractivity contribution in [2.24, 2.45) is 0 Å². The molecule has 0 spiro atoms. The molecule has 21 heavy (non-hydrogen) atoms. The lowest BCUT2D eigenvalue weighted by Gasteiger charge is -2.33. The average Bonchev–Trinajstić information content (AvgIpc) is 2.46. The van der Waals surface area contributed by atoms with Crippen molar-refractivity contribution in [2.75, 3.05) is 24.2 Å². The molecule has 5 nitrogen and oxygen atoms in total. The van der Waals surface area contributed by atoms with Crippen LogP contribution in [0.4, 0.5) is 5.82 Å². The van der Waals surface area contributed by atoms with Gasteiger partial charge in [0.25, 0.3) is 0 Å². The Morgan fingerprint density at radius 2 is 2.14 bits per heavy atom. The van der Waals surface area contributed by atoms with Crippen molar-refractivity contribution in [1.29, 1.82) is 0 Å². The maximum absolute atomic E-state index is 12.2. The highest BCUT2D eigenvalue weighted by atomic mass is 32.2. The summed E-state index contributed by atoms with van der Waals surface area (Å²) in [4.78, 5) is 14.2. The highest BCUT2D eigenvalue weighted by Gasteiger charge is 2.24. The van der Waals surface area contributed by atoms with Crippen molar-refractivity contribution in [2.45, 2.75) is 44.4 Å². The van der Waals surface area contributed by atoms with E-state index < -0.39 is 0 Å². The number of nitrogens with one attached hydrogen (secondary N) is 1. The van der Waals surface area contributed by atoms with Crippen LogP contribution in [0.2, 0.25) is 0 Å². The van der Waals surface area contributed by atoms with Gasteiger partial charge in [-0.2, -0.15) is 5.10 Å². The molecule has 1 aliphatic heterocycles. The van der Waals surface area contributed by atoms with Crippen molar-refractivity contribution in [3.8, 4) is 0 Å². The second-order valence-electron chi connectivity index (χ2n) is 6.31. The van der Waals surface area contributed by atoms with Gasteiger partial charge in [-0.3, -0.25) is 4.79 Å². The molecule has 1 fully saturated rings. The maximum atomic E-state index is 12.2. The van der Waals surface area contributed by atoms with Crippen LogP contribution in [0.5, 0.6) is 0 Å². The minimum absolute atomic E-state index is 0.140. The average molecular weight is 308 g/mol. The minimum Gasteiger partial charge on any atom is -0.366 e. The van der Waals surface area contributed by atoms with E-state index in [1.807, 2.05) is 17.0 Å². The third kappa shape index (κ3) is 5.53. The van der Waals surface area contributed by atoms with Crippen LogP contribution < -0.4 is 5.32 Å². The molecule has 0 aliphatic carbocycles. The molecule has 2 heterocycles. The minimum atomic E-state index is 0.140. The van der Waals surface area contributed by atoms with E-state index in [4.69, 9.17) is 0 Å². The summed E-state index contributed by atoms with van der Waals surface area (Å²) in [5, 5.41) is 11.3. The molecule has 6 heteroatoms. The zero-order valence-corrected chi connectivity index (χ0v) is 13.8. The quantitative estimate of drug-likeness (QED) is 0.925. The third-order valence-electron chi connectivity index (χ3n) is 3.40. The molecule has 1 aromatic heterocycles. The van der Waals surface area contributed by atoms with Crippen LogP contribution >= 0.6 is 11.8 Å². The van der Waals surface area contributed by atoms with Gasteiger partial charge in [0.1, 0.15) is 5.82 Å². The Bertz CT molecular complexity index is 452. The Morgan fingerprint density at radius 3 is 2.71 bits per heavy atom. The van der Waals surface area contributed by atoms with Crippen LogP contribution in [0.3, 0.4) is 0 Å². The SMILES string of the molecule is CC(C)(C)SCC(=O)N1CCC(Nc2cccnn2)CC1. The van der Waals surface area contributed by atoms with Crippen molar-refractivity contribution in [3.63, 3.8) is 0 Å². The fraction of sp³-hybridized carbons (Fsp3) is 0.667. The zero-order chi connectivity index (χ0) is 15.3. The van der Waals surface area contributed by atoms with Crippen LogP contribution in [0.25, 0.3) is 0 Å². The topological polar surface area (TPSA) is 58.1 Å². The lowest BCUT2D eigenvalue weighted by Crippen LogP contribution is -2.43. The number of likely N-dealkylation sites (tertiary alicyclic amines) is 1. The Labute approximate surface area is 130 Å². The van der Waals surface area contributed by atoms with Crippen molar-refractivity contribution in [1.82, 2.24) is 15.1 Å². The Hall–Kier alpha value is -1.30. The second-order valence-corrected chi connectivity index (χ2v) is 8.11. The number of anilines is 1. The molecule has 116 valence electrons. The summed E-state index contributed by atoms with van der Waals surface area (Å²) in [7, 11) is 0. The molecule has 1 saturated heterocycles. The summed E-state index contributed by atoms with van der Waals surface area (Å²) >= 11 is 1.71. The van der Waals surface area contributed by atoms with Crippen LogP contribution in [-0.4, -0.2) is 50.6 Å². The fourth-order valence-electron chi connectivity index (χ4n) is 2.23. The molecule has 0 bridgehead atoms. The van der Waals surface area contributed by atoms with Crippen LogP contribution in [-0.2, 0) is 4.79 Å². The van der Waals surface area contributed by atoms with Crippen LogP contribution in [0.15, 0.2) is 18.3 Å². The summed E-state index contributed by atoms with van der Waals surface area (Å²) in [6.07, 6.45) is 3.59. The summed E-state index contributed by atoms with van der Waals surface area (Å²) in [5.74, 6) is 1.64. The van der Waals surface area contributed by atoms with Crippen molar-refractivity contribution in [3.05, 3.63) is 18.3 Å². The first-order valence-electron chi connectivity index (χ1n) is 7.40. The Morgan fingerprint density at radius 1 is 1.43 bits per heavy atom. The number of thioether (sulfide) groups is 1. The van der Waals surface area contributed by atoms with E-state index >= 15 is 0 Å². The Kier molecular flexibility index (Phi) is 5.45. The lowest BCUT2D eigenvalue weighted by molar-refractivity contribution is -0.129. The number of nitrogens with zero attached hydrogens (tertiary/aromatic N) is 3. The summed E-state index contributed by atoms with van der Waals surface area (Å²) in [6.45, 7) is 8.06. The molecule has 1 aliphatic rings. The van der Waals surface area contributed by atoms with Gasteiger partial charge in [-0.1, -0.05) is 20.8 Å². The van der Waals surface area contributed by atoms with Crippen LogP contribution in [0.1, 0.15) is 33.6 Å². The Balaban J connectivity index is 1.74. The van der Waals surface area contributed by atoms with Gasteiger partial charge in [-0.25, -0.2) is 0 Å². The van der Waals surface area contributed by atoms with Crippen LogP contribution in [0, 0.1) is 0 Å². The summed E-state index contributed by atoms with van der Waals surface area (Å²) in [6, 6.07) is 4.17. The maximum Gasteiger partial charge on any atom is 0.232 e. The molecule has 1 amide bonds. The number of hydrogen-bond donors (Lipinski definition) is 1. The van der Waals surface area contributed by atoms with E-state index in [0.29, 0.717) is 11.8 Å². The van der Waals surface area contributed by atoms with Gasteiger partial charge < -0.3 is 10.2 Å². The van der Waals surface area contributed by atoms with Gasteiger partial charge in [-0.05, 0) is 25.0 Å². The fourth-order valence-corrected chi connectivity index (χ4v) is 2.97. The van der Waals surface area contributed by atoms with Gasteiger partial charge in [0.05, 0.1) is 5.75 Å². The molecule has 0 aromatic carbocycles. The molecule has 1 N–H and O–H groups in total. The summed E-state index contributed by atoms with van der Waals surface area (Å²) < 4.78 is 0.140. The smallest absolute Gasteiger partial charge is 0.232 e. The largest absolute Gasteiger partial charge is 0.366 e. The van der Waals surface area contributed by atoms with Gasteiger partial charge in [0.15, 0.2) is 0 Å².